The number of thiophene rings is 1. The predicted molar refractivity (Wildman–Crippen MR) is 96.6 cm³/mol. The molecule has 0 spiro atoms. The van der Waals surface area contributed by atoms with E-state index in [2.05, 4.69) is 30.3 Å². The first kappa shape index (κ1) is 15.1. The minimum absolute atomic E-state index is 0.393. The van der Waals surface area contributed by atoms with Gasteiger partial charge in [0.25, 0.3) is 0 Å². The van der Waals surface area contributed by atoms with Gasteiger partial charge in [-0.1, -0.05) is 30.3 Å². The summed E-state index contributed by atoms with van der Waals surface area (Å²) < 4.78 is 4.81. The minimum atomic E-state index is -0.393. The maximum atomic E-state index is 11.8. The van der Waals surface area contributed by atoms with Crippen LogP contribution in [-0.4, -0.2) is 18.1 Å². The molecule has 1 unspecified atom stereocenters. The van der Waals surface area contributed by atoms with Crippen molar-refractivity contribution < 1.29 is 9.53 Å². The fraction of sp³-hybridized carbons (Fsp3) is 0.263. The average molecular weight is 338 g/mol. The quantitative estimate of drug-likeness (QED) is 0.719. The molecule has 1 aromatic carbocycles. The highest BCUT2D eigenvalue weighted by Crippen LogP contribution is 2.38. The lowest BCUT2D eigenvalue weighted by molar-refractivity contribution is 0.0607. The second kappa shape index (κ2) is 5.91. The van der Waals surface area contributed by atoms with Crippen LogP contribution in [0.25, 0.3) is 10.2 Å². The summed E-state index contributed by atoms with van der Waals surface area (Å²) in [5.41, 5.74) is 10.4. The van der Waals surface area contributed by atoms with E-state index in [1.165, 1.54) is 29.6 Å². The Morgan fingerprint density at radius 3 is 2.88 bits per heavy atom. The second-order valence-electron chi connectivity index (χ2n) is 6.13. The molecule has 3 aromatic rings. The molecule has 0 amide bonds. The molecule has 5 heteroatoms. The van der Waals surface area contributed by atoms with Crippen LogP contribution in [0.1, 0.15) is 38.8 Å². The zero-order valence-corrected chi connectivity index (χ0v) is 14.2. The summed E-state index contributed by atoms with van der Waals surface area (Å²) in [7, 11) is 1.37. The molecule has 1 aliphatic rings. The van der Waals surface area contributed by atoms with Crippen LogP contribution in [0.3, 0.4) is 0 Å². The van der Waals surface area contributed by atoms with Crippen LogP contribution in [0.5, 0.6) is 0 Å². The first-order valence-corrected chi connectivity index (χ1v) is 8.83. The van der Waals surface area contributed by atoms with Gasteiger partial charge in [-0.15, -0.1) is 11.3 Å². The molecule has 24 heavy (non-hydrogen) atoms. The van der Waals surface area contributed by atoms with Gasteiger partial charge >= 0.3 is 5.97 Å². The fourth-order valence-electron chi connectivity index (χ4n) is 3.44. The van der Waals surface area contributed by atoms with E-state index >= 15 is 0 Å². The number of aromatic nitrogens is 1. The van der Waals surface area contributed by atoms with E-state index < -0.39 is 5.97 Å². The number of methoxy groups -OCH3 is 1. The van der Waals surface area contributed by atoms with Crippen molar-refractivity contribution in [3.05, 3.63) is 58.1 Å². The summed E-state index contributed by atoms with van der Waals surface area (Å²) in [4.78, 5) is 17.9. The van der Waals surface area contributed by atoms with Gasteiger partial charge in [0.1, 0.15) is 9.71 Å². The fourth-order valence-corrected chi connectivity index (χ4v) is 4.46. The maximum absolute atomic E-state index is 11.8. The molecule has 2 heterocycles. The Bertz CT molecular complexity index is 918. The Morgan fingerprint density at radius 1 is 1.33 bits per heavy atom. The number of carbonyl (C=O) groups is 1. The molecule has 0 fully saturated rings. The molecule has 1 atom stereocenters. The number of benzene rings is 1. The van der Waals surface area contributed by atoms with Crippen LogP contribution in [0, 0.1) is 0 Å². The Labute approximate surface area is 144 Å². The third-order valence-electron chi connectivity index (χ3n) is 4.73. The highest BCUT2D eigenvalue weighted by atomic mass is 32.1. The standard InChI is InChI=1S/C19H18N2O2S/c1-23-19(22)17-16(20)14-10-13-9-12(11-5-3-2-4-6-11)7-8-15(13)21-18(14)24-17/h2-6,10,12H,7-9,20H2,1H3. The summed E-state index contributed by atoms with van der Waals surface area (Å²) in [6.07, 6.45) is 3.02. The van der Waals surface area contributed by atoms with Crippen LogP contribution in [0.2, 0.25) is 0 Å². The number of nitrogens with two attached hydrogens (primary N) is 1. The number of rotatable bonds is 2. The average Bonchev–Trinajstić information content (AvgIpc) is 2.95. The van der Waals surface area contributed by atoms with Gasteiger partial charge in [-0.05, 0) is 42.4 Å². The molecule has 2 aromatic heterocycles. The lowest BCUT2D eigenvalue weighted by Gasteiger charge is -2.24. The number of nitrogens with zero attached hydrogens (tertiary/aromatic N) is 1. The van der Waals surface area contributed by atoms with Crippen molar-refractivity contribution in [1.82, 2.24) is 4.98 Å². The highest BCUT2D eigenvalue weighted by molar-refractivity contribution is 7.21. The smallest absolute Gasteiger partial charge is 0.350 e. The van der Waals surface area contributed by atoms with Crippen LogP contribution in [0.15, 0.2) is 36.4 Å². The van der Waals surface area contributed by atoms with Crippen molar-refractivity contribution in [2.75, 3.05) is 12.8 Å². The minimum Gasteiger partial charge on any atom is -0.465 e. The molecule has 2 N–H and O–H groups in total. The number of pyridine rings is 1. The Morgan fingerprint density at radius 2 is 2.12 bits per heavy atom. The van der Waals surface area contributed by atoms with Crippen LogP contribution in [0.4, 0.5) is 5.69 Å². The Balaban J connectivity index is 1.75. The lowest BCUT2D eigenvalue weighted by Crippen LogP contribution is -2.14. The van der Waals surface area contributed by atoms with E-state index in [-0.39, 0.29) is 0 Å². The number of aryl methyl sites for hydroxylation is 1. The van der Waals surface area contributed by atoms with Crippen molar-refractivity contribution >= 4 is 33.2 Å². The number of carbonyl (C=O) groups excluding carboxylic acids is 1. The molecule has 122 valence electrons. The molecular weight excluding hydrogens is 320 g/mol. The summed E-state index contributed by atoms with van der Waals surface area (Å²) in [6.45, 7) is 0. The number of hydrogen-bond donors (Lipinski definition) is 1. The molecule has 4 nitrogen and oxygen atoms in total. The normalized spacial score (nSPS) is 16.8. The number of anilines is 1. The van der Waals surface area contributed by atoms with E-state index in [9.17, 15) is 4.79 Å². The molecule has 0 bridgehead atoms. The van der Waals surface area contributed by atoms with Crippen LogP contribution >= 0.6 is 11.3 Å². The maximum Gasteiger partial charge on any atom is 0.350 e. The molecule has 0 radical (unpaired) electrons. The zero-order chi connectivity index (χ0) is 16.7. The third kappa shape index (κ3) is 2.45. The van der Waals surface area contributed by atoms with Gasteiger partial charge in [0.2, 0.25) is 0 Å². The number of hydrogen-bond acceptors (Lipinski definition) is 5. The van der Waals surface area contributed by atoms with E-state index in [4.69, 9.17) is 15.5 Å². The molecule has 0 aliphatic heterocycles. The van der Waals surface area contributed by atoms with E-state index in [0.717, 1.165) is 35.2 Å². The number of nitrogen functional groups attached to an aromatic ring is 1. The van der Waals surface area contributed by atoms with Crippen molar-refractivity contribution in [1.29, 1.82) is 0 Å². The topological polar surface area (TPSA) is 65.2 Å². The first-order valence-electron chi connectivity index (χ1n) is 8.01. The van der Waals surface area contributed by atoms with E-state index in [1.807, 2.05) is 6.07 Å². The summed E-state index contributed by atoms with van der Waals surface area (Å²) in [5.74, 6) is 0.119. The van der Waals surface area contributed by atoms with Gasteiger partial charge in [0.05, 0.1) is 12.8 Å². The third-order valence-corrected chi connectivity index (χ3v) is 5.82. The second-order valence-corrected chi connectivity index (χ2v) is 7.13. The zero-order valence-electron chi connectivity index (χ0n) is 13.4. The molecule has 0 saturated heterocycles. The van der Waals surface area contributed by atoms with Gasteiger partial charge in [-0.3, -0.25) is 0 Å². The van der Waals surface area contributed by atoms with Crippen LogP contribution in [-0.2, 0) is 17.6 Å². The van der Waals surface area contributed by atoms with Gasteiger partial charge in [-0.2, -0.15) is 0 Å². The molecule has 0 saturated carbocycles. The molecule has 1 aliphatic carbocycles. The van der Waals surface area contributed by atoms with E-state index in [0.29, 0.717) is 16.5 Å². The number of fused-ring (bicyclic) bond motifs is 2. The van der Waals surface area contributed by atoms with Crippen LogP contribution < -0.4 is 5.73 Å². The van der Waals surface area contributed by atoms with Gasteiger partial charge in [0.15, 0.2) is 0 Å². The van der Waals surface area contributed by atoms with Crippen molar-refractivity contribution in [2.24, 2.45) is 0 Å². The molecular formula is C19H18N2O2S. The van der Waals surface area contributed by atoms with E-state index in [1.54, 1.807) is 0 Å². The van der Waals surface area contributed by atoms with Crippen molar-refractivity contribution in [3.63, 3.8) is 0 Å². The SMILES string of the molecule is COC(=O)c1sc2nc3c(cc2c1N)CC(c1ccccc1)CC3. The highest BCUT2D eigenvalue weighted by Gasteiger charge is 2.24. The van der Waals surface area contributed by atoms with Crippen molar-refractivity contribution in [3.8, 4) is 0 Å². The Kier molecular flexibility index (Phi) is 3.73. The number of ether oxygens (including phenoxy) is 1. The monoisotopic (exact) mass is 338 g/mol. The largest absolute Gasteiger partial charge is 0.465 e. The van der Waals surface area contributed by atoms with Crippen molar-refractivity contribution in [2.45, 2.75) is 25.2 Å². The Hall–Kier alpha value is -2.40. The summed E-state index contributed by atoms with van der Waals surface area (Å²) in [6, 6.07) is 12.7. The number of esters is 1. The summed E-state index contributed by atoms with van der Waals surface area (Å²) >= 11 is 1.32. The predicted octanol–water partition coefficient (Wildman–Crippen LogP) is 3.94. The van der Waals surface area contributed by atoms with Gasteiger partial charge in [0, 0.05) is 11.1 Å². The molecule has 4 rings (SSSR count). The lowest BCUT2D eigenvalue weighted by atomic mass is 9.82. The summed E-state index contributed by atoms with van der Waals surface area (Å²) in [5, 5.41) is 0.868. The first-order chi connectivity index (χ1) is 11.7. The van der Waals surface area contributed by atoms with Gasteiger partial charge < -0.3 is 10.5 Å². The van der Waals surface area contributed by atoms with Gasteiger partial charge in [-0.25, -0.2) is 9.78 Å².